The molecule has 1 aromatic heterocycles. The minimum atomic E-state index is -0.593. The molecule has 27 heavy (non-hydrogen) atoms. The lowest BCUT2D eigenvalue weighted by molar-refractivity contribution is 0.126. The largest absolute Gasteiger partial charge is 0.495 e. The molecule has 0 aliphatic rings. The molecule has 0 saturated heterocycles. The quantitative estimate of drug-likeness (QED) is 0.520. The van der Waals surface area contributed by atoms with Crippen LogP contribution in [0.4, 0.5) is 10.8 Å². The molecule has 6 nitrogen and oxygen atoms in total. The number of hydrogen-bond donors (Lipinski definition) is 2. The predicted octanol–water partition coefficient (Wildman–Crippen LogP) is 4.13. The van der Waals surface area contributed by atoms with Crippen LogP contribution >= 0.6 is 23.1 Å². The Kier molecular flexibility index (Phi) is 6.92. The molecule has 3 aromatic rings. The standard InChI is InChI=1S/C19H21N3O3S2/c1-13-6-5-7-15(10-13)25-11-14(23)12-26-19-22-21-18(27-19)20-16-8-3-4-9-17(16)24-2/h3-10,14,23H,11-12H2,1-2H3,(H,20,21)/t14-/m1/s1. The van der Waals surface area contributed by atoms with Gasteiger partial charge in [-0.2, -0.15) is 0 Å². The number of rotatable bonds is 9. The van der Waals surface area contributed by atoms with Crippen LogP contribution in [0, 0.1) is 6.92 Å². The average molecular weight is 404 g/mol. The summed E-state index contributed by atoms with van der Waals surface area (Å²) < 4.78 is 11.7. The fraction of sp³-hybridized carbons (Fsp3) is 0.263. The van der Waals surface area contributed by atoms with E-state index in [1.807, 2.05) is 55.5 Å². The van der Waals surface area contributed by atoms with E-state index in [-0.39, 0.29) is 6.61 Å². The third-order valence-electron chi connectivity index (χ3n) is 3.59. The van der Waals surface area contributed by atoms with Gasteiger partial charge in [0.05, 0.1) is 18.9 Å². The summed E-state index contributed by atoms with van der Waals surface area (Å²) in [6.45, 7) is 2.24. The van der Waals surface area contributed by atoms with Gasteiger partial charge in [-0.15, -0.1) is 10.2 Å². The van der Waals surface area contributed by atoms with Crippen molar-refractivity contribution in [2.24, 2.45) is 0 Å². The van der Waals surface area contributed by atoms with Gasteiger partial charge in [0.2, 0.25) is 5.13 Å². The first kappa shape index (κ1) is 19.5. The molecule has 142 valence electrons. The minimum absolute atomic E-state index is 0.238. The number of aliphatic hydroxyl groups excluding tert-OH is 1. The fourth-order valence-corrected chi connectivity index (χ4v) is 3.99. The Hall–Kier alpha value is -2.29. The van der Waals surface area contributed by atoms with E-state index in [1.54, 1.807) is 7.11 Å². The van der Waals surface area contributed by atoms with Gasteiger partial charge in [-0.25, -0.2) is 0 Å². The topological polar surface area (TPSA) is 76.5 Å². The molecule has 0 saturated carbocycles. The van der Waals surface area contributed by atoms with Crippen LogP contribution in [0.5, 0.6) is 11.5 Å². The van der Waals surface area contributed by atoms with Gasteiger partial charge in [-0.3, -0.25) is 0 Å². The summed E-state index contributed by atoms with van der Waals surface area (Å²) in [4.78, 5) is 0. The number of benzene rings is 2. The Morgan fingerprint density at radius 2 is 2.04 bits per heavy atom. The van der Waals surface area contributed by atoms with Gasteiger partial charge in [-0.05, 0) is 36.8 Å². The lowest BCUT2D eigenvalue weighted by Crippen LogP contribution is -2.20. The molecule has 2 N–H and O–H groups in total. The first-order valence-corrected chi connectivity index (χ1v) is 10.2. The van der Waals surface area contributed by atoms with Gasteiger partial charge in [0, 0.05) is 5.75 Å². The van der Waals surface area contributed by atoms with E-state index in [9.17, 15) is 5.11 Å². The molecule has 0 radical (unpaired) electrons. The summed E-state index contributed by atoms with van der Waals surface area (Å²) >= 11 is 2.88. The molecule has 0 amide bonds. The average Bonchev–Trinajstić information content (AvgIpc) is 3.12. The van der Waals surface area contributed by atoms with Gasteiger partial charge in [0.15, 0.2) is 4.34 Å². The van der Waals surface area contributed by atoms with E-state index in [0.29, 0.717) is 10.9 Å². The van der Waals surface area contributed by atoms with Crippen LogP contribution in [0.3, 0.4) is 0 Å². The number of para-hydroxylation sites is 2. The molecule has 0 aliphatic carbocycles. The molecule has 0 fully saturated rings. The van der Waals surface area contributed by atoms with Crippen molar-refractivity contribution in [2.45, 2.75) is 17.4 Å². The number of nitrogens with one attached hydrogen (secondary N) is 1. The number of aromatic nitrogens is 2. The van der Waals surface area contributed by atoms with E-state index in [2.05, 4.69) is 15.5 Å². The number of aryl methyl sites for hydroxylation is 1. The molecular weight excluding hydrogens is 382 g/mol. The normalized spacial score (nSPS) is 11.8. The number of hydrogen-bond acceptors (Lipinski definition) is 8. The van der Waals surface area contributed by atoms with E-state index in [0.717, 1.165) is 27.1 Å². The highest BCUT2D eigenvalue weighted by Crippen LogP contribution is 2.31. The van der Waals surface area contributed by atoms with Gasteiger partial charge < -0.3 is 19.9 Å². The van der Waals surface area contributed by atoms with E-state index >= 15 is 0 Å². The molecule has 1 heterocycles. The molecule has 0 bridgehead atoms. The second-order valence-electron chi connectivity index (χ2n) is 5.79. The lowest BCUT2D eigenvalue weighted by atomic mass is 10.2. The number of anilines is 2. The number of methoxy groups -OCH3 is 1. The van der Waals surface area contributed by atoms with E-state index in [4.69, 9.17) is 9.47 Å². The second-order valence-corrected chi connectivity index (χ2v) is 8.04. The molecular formula is C19H21N3O3S2. The Morgan fingerprint density at radius 3 is 2.85 bits per heavy atom. The predicted molar refractivity (Wildman–Crippen MR) is 110 cm³/mol. The third-order valence-corrected chi connectivity index (χ3v) is 5.70. The zero-order valence-electron chi connectivity index (χ0n) is 15.1. The summed E-state index contributed by atoms with van der Waals surface area (Å²) in [5, 5.41) is 22.3. The van der Waals surface area contributed by atoms with Crippen molar-refractivity contribution in [2.75, 3.05) is 24.8 Å². The van der Waals surface area contributed by atoms with Crippen molar-refractivity contribution in [3.05, 3.63) is 54.1 Å². The maximum atomic E-state index is 10.1. The number of thioether (sulfide) groups is 1. The maximum Gasteiger partial charge on any atom is 0.210 e. The summed E-state index contributed by atoms with van der Waals surface area (Å²) in [5.41, 5.74) is 1.96. The Balaban J connectivity index is 1.47. The summed E-state index contributed by atoms with van der Waals surface area (Å²) in [6, 6.07) is 15.4. The summed E-state index contributed by atoms with van der Waals surface area (Å²) in [7, 11) is 1.63. The highest BCUT2D eigenvalue weighted by atomic mass is 32.2. The monoisotopic (exact) mass is 403 g/mol. The Bertz CT molecular complexity index is 873. The van der Waals surface area contributed by atoms with Gasteiger partial charge in [0.25, 0.3) is 0 Å². The van der Waals surface area contributed by atoms with Gasteiger partial charge in [0.1, 0.15) is 18.1 Å². The summed E-state index contributed by atoms with van der Waals surface area (Å²) in [6.07, 6.45) is -0.593. The lowest BCUT2D eigenvalue weighted by Gasteiger charge is -2.11. The van der Waals surface area contributed by atoms with Crippen LogP contribution in [0.1, 0.15) is 5.56 Å². The van der Waals surface area contributed by atoms with Crippen molar-refractivity contribution in [3.8, 4) is 11.5 Å². The zero-order chi connectivity index (χ0) is 19.1. The van der Waals surface area contributed by atoms with Crippen molar-refractivity contribution in [3.63, 3.8) is 0 Å². The van der Waals surface area contributed by atoms with Crippen LogP contribution in [0.15, 0.2) is 52.9 Å². The van der Waals surface area contributed by atoms with Crippen molar-refractivity contribution in [1.82, 2.24) is 10.2 Å². The van der Waals surface area contributed by atoms with Gasteiger partial charge >= 0.3 is 0 Å². The number of ether oxygens (including phenoxy) is 2. The van der Waals surface area contributed by atoms with Crippen LogP contribution < -0.4 is 14.8 Å². The SMILES string of the molecule is COc1ccccc1Nc1nnc(SC[C@H](O)COc2cccc(C)c2)s1. The highest BCUT2D eigenvalue weighted by molar-refractivity contribution is 8.01. The number of nitrogens with zero attached hydrogens (tertiary/aromatic N) is 2. The molecule has 3 rings (SSSR count). The summed E-state index contributed by atoms with van der Waals surface area (Å²) in [5.74, 6) is 1.98. The van der Waals surface area contributed by atoms with Crippen molar-refractivity contribution >= 4 is 33.9 Å². The highest BCUT2D eigenvalue weighted by Gasteiger charge is 2.11. The van der Waals surface area contributed by atoms with Crippen LogP contribution in [-0.2, 0) is 0 Å². The Morgan fingerprint density at radius 1 is 1.19 bits per heavy atom. The van der Waals surface area contributed by atoms with E-state index in [1.165, 1.54) is 23.1 Å². The third kappa shape index (κ3) is 5.85. The second kappa shape index (κ2) is 9.59. The maximum absolute atomic E-state index is 10.1. The smallest absolute Gasteiger partial charge is 0.210 e. The van der Waals surface area contributed by atoms with E-state index < -0.39 is 6.10 Å². The molecule has 0 unspecified atom stereocenters. The first-order chi connectivity index (χ1) is 13.1. The molecule has 2 aromatic carbocycles. The first-order valence-electron chi connectivity index (χ1n) is 8.38. The fourth-order valence-electron chi connectivity index (χ4n) is 2.29. The molecule has 0 aliphatic heterocycles. The van der Waals surface area contributed by atoms with Crippen molar-refractivity contribution in [1.29, 1.82) is 0 Å². The van der Waals surface area contributed by atoms with Gasteiger partial charge in [-0.1, -0.05) is 47.4 Å². The minimum Gasteiger partial charge on any atom is -0.495 e. The Labute approximate surface area is 166 Å². The van der Waals surface area contributed by atoms with Crippen LogP contribution in [-0.4, -0.2) is 40.9 Å². The molecule has 8 heteroatoms. The number of aliphatic hydroxyl groups is 1. The molecule has 1 atom stereocenters. The zero-order valence-corrected chi connectivity index (χ0v) is 16.7. The molecule has 0 spiro atoms. The van der Waals surface area contributed by atoms with Crippen LogP contribution in [0.25, 0.3) is 0 Å². The van der Waals surface area contributed by atoms with Crippen molar-refractivity contribution < 1.29 is 14.6 Å². The van der Waals surface area contributed by atoms with Crippen LogP contribution in [0.2, 0.25) is 0 Å².